The molecule has 1 aromatic carbocycles. The van der Waals surface area contributed by atoms with E-state index in [1.807, 2.05) is 38.2 Å². The summed E-state index contributed by atoms with van der Waals surface area (Å²) in [6.07, 6.45) is 4.91. The maximum atomic E-state index is 12.3. The highest BCUT2D eigenvalue weighted by molar-refractivity contribution is 5.96. The number of fused-ring (bicyclic) bond motifs is 1. The fourth-order valence-electron chi connectivity index (χ4n) is 2.98. The molecule has 2 heterocycles. The summed E-state index contributed by atoms with van der Waals surface area (Å²) in [6.45, 7) is 3.25. The van der Waals surface area contributed by atoms with E-state index in [9.17, 15) is 4.79 Å². The van der Waals surface area contributed by atoms with Crippen LogP contribution in [0.3, 0.4) is 0 Å². The van der Waals surface area contributed by atoms with Crippen molar-refractivity contribution in [2.75, 3.05) is 30.4 Å². The first-order valence-corrected chi connectivity index (χ1v) is 8.83. The fourth-order valence-corrected chi connectivity index (χ4v) is 2.98. The van der Waals surface area contributed by atoms with Crippen LogP contribution in [0.5, 0.6) is 5.75 Å². The first kappa shape index (κ1) is 17.3. The van der Waals surface area contributed by atoms with E-state index in [4.69, 9.17) is 4.74 Å². The Bertz CT molecular complexity index is 718. The van der Waals surface area contributed by atoms with Crippen LogP contribution < -0.4 is 15.0 Å². The molecule has 0 saturated heterocycles. The Hall–Kier alpha value is -2.56. The van der Waals surface area contributed by atoms with Crippen LogP contribution in [0.25, 0.3) is 0 Å². The van der Waals surface area contributed by atoms with E-state index in [1.54, 1.807) is 11.1 Å². The Morgan fingerprint density at radius 1 is 1.28 bits per heavy atom. The number of ether oxygens (including phenoxy) is 1. The van der Waals surface area contributed by atoms with Crippen molar-refractivity contribution in [3.63, 3.8) is 0 Å². The molecule has 1 aliphatic rings. The van der Waals surface area contributed by atoms with E-state index in [0.29, 0.717) is 6.61 Å². The number of carbonyl (C=O) groups excluding carboxylic acids is 1. The number of aryl methyl sites for hydroxylation is 1. The number of unbranched alkanes of at least 4 members (excludes halogenated alkanes) is 1. The second-order valence-corrected chi connectivity index (χ2v) is 6.51. The van der Waals surface area contributed by atoms with Gasteiger partial charge in [0.1, 0.15) is 11.6 Å². The Morgan fingerprint density at radius 2 is 2.16 bits per heavy atom. The molecular weight excluding hydrogens is 314 g/mol. The average Bonchev–Trinajstić information content (AvgIpc) is 2.75. The summed E-state index contributed by atoms with van der Waals surface area (Å²) in [7, 11) is 1.83. The summed E-state index contributed by atoms with van der Waals surface area (Å²) in [5.41, 5.74) is 2.10. The molecule has 1 aliphatic heterocycles. The maximum absolute atomic E-state index is 12.3. The van der Waals surface area contributed by atoms with Crippen LogP contribution in [0, 0.1) is 5.92 Å². The van der Waals surface area contributed by atoms with Gasteiger partial charge >= 0.3 is 0 Å². The van der Waals surface area contributed by atoms with Gasteiger partial charge in [0.15, 0.2) is 0 Å². The van der Waals surface area contributed by atoms with Gasteiger partial charge in [-0.2, -0.15) is 0 Å². The molecular formula is C20H25N3O2. The monoisotopic (exact) mass is 339 g/mol. The molecule has 0 fully saturated rings. The summed E-state index contributed by atoms with van der Waals surface area (Å²) in [6, 6.07) is 12.0. The van der Waals surface area contributed by atoms with E-state index in [0.717, 1.165) is 43.1 Å². The molecule has 1 N–H and O–H groups in total. The van der Waals surface area contributed by atoms with Gasteiger partial charge in [0.2, 0.25) is 5.91 Å². The van der Waals surface area contributed by atoms with E-state index in [1.165, 1.54) is 5.56 Å². The lowest BCUT2D eigenvalue weighted by Crippen LogP contribution is -2.31. The van der Waals surface area contributed by atoms with Crippen molar-refractivity contribution >= 4 is 17.4 Å². The highest BCUT2D eigenvalue weighted by Crippen LogP contribution is 2.33. The van der Waals surface area contributed by atoms with Crippen molar-refractivity contribution in [1.29, 1.82) is 0 Å². The molecule has 25 heavy (non-hydrogen) atoms. The van der Waals surface area contributed by atoms with Crippen molar-refractivity contribution in [2.24, 2.45) is 5.92 Å². The van der Waals surface area contributed by atoms with E-state index < -0.39 is 0 Å². The minimum absolute atomic E-state index is 0.107. The predicted octanol–water partition coefficient (Wildman–Crippen LogP) is 3.51. The fraction of sp³-hybridized carbons (Fsp3) is 0.400. The average molecular weight is 339 g/mol. The number of anilines is 2. The smallest absolute Gasteiger partial charge is 0.233 e. The van der Waals surface area contributed by atoms with Crippen LogP contribution in [0.4, 0.5) is 11.5 Å². The van der Waals surface area contributed by atoms with E-state index in [-0.39, 0.29) is 11.8 Å². The normalized spacial score (nSPS) is 16.8. The third-order valence-electron chi connectivity index (χ3n) is 4.49. The van der Waals surface area contributed by atoms with Crippen LogP contribution in [0.1, 0.15) is 25.3 Å². The third kappa shape index (κ3) is 4.29. The van der Waals surface area contributed by atoms with Gasteiger partial charge in [-0.05, 0) is 49.1 Å². The molecule has 5 heteroatoms. The van der Waals surface area contributed by atoms with Gasteiger partial charge in [-0.15, -0.1) is 0 Å². The lowest BCUT2D eigenvalue weighted by molar-refractivity contribution is -0.122. The second-order valence-electron chi connectivity index (χ2n) is 6.51. The molecule has 0 saturated carbocycles. The Morgan fingerprint density at radius 3 is 2.96 bits per heavy atom. The van der Waals surface area contributed by atoms with Gasteiger partial charge in [0.25, 0.3) is 0 Å². The highest BCUT2D eigenvalue weighted by atomic mass is 16.5. The number of nitrogens with one attached hydrogen (secondary N) is 1. The van der Waals surface area contributed by atoms with Crippen molar-refractivity contribution in [2.45, 2.75) is 26.2 Å². The molecule has 0 aliphatic carbocycles. The van der Waals surface area contributed by atoms with E-state index in [2.05, 4.69) is 22.4 Å². The standard InChI is InChI=1S/C20H25N3O2/c1-15-14-25-18-10-9-16(13-17(18)23(2)20(15)24)7-3-5-11-21-19-8-4-6-12-22-19/h4,6,8-10,12-13,15H,3,5,7,11,14H2,1-2H3,(H,21,22)/t15-/m0/s1. The SMILES string of the molecule is C[C@H]1COc2ccc(CCCCNc3ccccn3)cc2N(C)C1=O. The molecule has 2 aromatic rings. The molecule has 1 amide bonds. The first-order valence-electron chi connectivity index (χ1n) is 8.83. The quantitative estimate of drug-likeness (QED) is 0.818. The van der Waals surface area contributed by atoms with Gasteiger partial charge in [-0.25, -0.2) is 4.98 Å². The predicted molar refractivity (Wildman–Crippen MR) is 100 cm³/mol. The first-order chi connectivity index (χ1) is 12.1. The summed E-state index contributed by atoms with van der Waals surface area (Å²) >= 11 is 0. The topological polar surface area (TPSA) is 54.5 Å². The summed E-state index contributed by atoms with van der Waals surface area (Å²) in [5, 5.41) is 3.32. The zero-order valence-electron chi connectivity index (χ0n) is 14.9. The van der Waals surface area contributed by atoms with Crippen LogP contribution in [-0.4, -0.2) is 31.1 Å². The van der Waals surface area contributed by atoms with Gasteiger partial charge in [-0.3, -0.25) is 4.79 Å². The summed E-state index contributed by atoms with van der Waals surface area (Å²) < 4.78 is 5.77. The Labute approximate surface area is 149 Å². The minimum Gasteiger partial charge on any atom is -0.491 e. The van der Waals surface area contributed by atoms with Crippen molar-refractivity contribution in [1.82, 2.24) is 4.98 Å². The molecule has 5 nitrogen and oxygen atoms in total. The van der Waals surface area contributed by atoms with Crippen LogP contribution >= 0.6 is 0 Å². The number of aromatic nitrogens is 1. The lowest BCUT2D eigenvalue weighted by Gasteiger charge is -2.18. The molecule has 1 atom stereocenters. The maximum Gasteiger partial charge on any atom is 0.233 e. The number of pyridine rings is 1. The zero-order valence-corrected chi connectivity index (χ0v) is 14.9. The van der Waals surface area contributed by atoms with Crippen molar-refractivity contribution < 1.29 is 9.53 Å². The number of carbonyl (C=O) groups is 1. The summed E-state index contributed by atoms with van der Waals surface area (Å²) in [5.74, 6) is 1.70. The molecule has 0 spiro atoms. The molecule has 1 aromatic heterocycles. The van der Waals surface area contributed by atoms with Gasteiger partial charge in [-0.1, -0.05) is 19.1 Å². The summed E-state index contributed by atoms with van der Waals surface area (Å²) in [4.78, 5) is 18.3. The van der Waals surface area contributed by atoms with Crippen LogP contribution in [0.15, 0.2) is 42.6 Å². The number of nitrogens with zero attached hydrogens (tertiary/aromatic N) is 2. The highest BCUT2D eigenvalue weighted by Gasteiger charge is 2.25. The van der Waals surface area contributed by atoms with Crippen LogP contribution in [0.2, 0.25) is 0 Å². The Balaban J connectivity index is 1.53. The molecule has 0 unspecified atom stereocenters. The number of amides is 1. The zero-order chi connectivity index (χ0) is 17.6. The van der Waals surface area contributed by atoms with Crippen molar-refractivity contribution in [3.05, 3.63) is 48.2 Å². The number of hydrogen-bond acceptors (Lipinski definition) is 4. The number of hydrogen-bond donors (Lipinski definition) is 1. The Kier molecular flexibility index (Phi) is 5.53. The van der Waals surface area contributed by atoms with Gasteiger partial charge in [0, 0.05) is 19.8 Å². The van der Waals surface area contributed by atoms with Gasteiger partial charge < -0.3 is 15.0 Å². The lowest BCUT2D eigenvalue weighted by atomic mass is 10.1. The second kappa shape index (κ2) is 8.01. The van der Waals surface area contributed by atoms with Gasteiger partial charge in [0.05, 0.1) is 18.2 Å². The van der Waals surface area contributed by atoms with Crippen LogP contribution in [-0.2, 0) is 11.2 Å². The number of benzene rings is 1. The largest absolute Gasteiger partial charge is 0.491 e. The third-order valence-corrected chi connectivity index (χ3v) is 4.49. The molecule has 132 valence electrons. The number of rotatable bonds is 6. The van der Waals surface area contributed by atoms with E-state index >= 15 is 0 Å². The molecule has 0 bridgehead atoms. The van der Waals surface area contributed by atoms with Crippen molar-refractivity contribution in [3.8, 4) is 5.75 Å². The molecule has 3 rings (SSSR count). The minimum atomic E-state index is -0.112. The molecule has 0 radical (unpaired) electrons.